The average Bonchev–Trinajstić information content (AvgIpc) is 3.25. The molecule has 2 aromatic carbocycles. The van der Waals surface area contributed by atoms with Gasteiger partial charge < -0.3 is 14.0 Å². The fourth-order valence-corrected chi connectivity index (χ4v) is 5.70. The Labute approximate surface area is 239 Å². The van der Waals surface area contributed by atoms with Crippen molar-refractivity contribution in [1.29, 1.82) is 0 Å². The lowest BCUT2D eigenvalue weighted by Gasteiger charge is -2.22. The summed E-state index contributed by atoms with van der Waals surface area (Å²) in [7, 11) is 0. The molecule has 0 saturated carbocycles. The topological polar surface area (TPSA) is 34.0 Å². The van der Waals surface area contributed by atoms with Crippen molar-refractivity contribution >= 4 is 38.8 Å². The van der Waals surface area contributed by atoms with E-state index < -0.39 is 0 Å². The molecular weight excluding hydrogens is 560 g/mol. The molecule has 0 atom stereocenters. The lowest BCUT2D eigenvalue weighted by atomic mass is 10.00. The minimum atomic E-state index is -0.0910. The van der Waals surface area contributed by atoms with Gasteiger partial charge in [-0.25, -0.2) is 0 Å². The number of rotatable bonds is 14. The highest BCUT2D eigenvalue weighted by molar-refractivity contribution is 9.10. The summed E-state index contributed by atoms with van der Waals surface area (Å²) in [5, 5.41) is 0.450. The van der Waals surface area contributed by atoms with Gasteiger partial charge in [0.25, 0.3) is 0 Å². The molecule has 0 saturated heterocycles. The van der Waals surface area contributed by atoms with Crippen molar-refractivity contribution in [2.75, 3.05) is 26.2 Å². The van der Waals surface area contributed by atoms with Gasteiger partial charge in [0.15, 0.2) is 0 Å². The summed E-state index contributed by atoms with van der Waals surface area (Å²) in [4.78, 5) is 16.4. The predicted molar refractivity (Wildman–Crippen MR) is 162 cm³/mol. The number of ether oxygens (including phenoxy) is 1. The summed E-state index contributed by atoms with van der Waals surface area (Å²) >= 11 is 10.4. The summed E-state index contributed by atoms with van der Waals surface area (Å²) in [5.41, 5.74) is 3.91. The highest BCUT2D eigenvalue weighted by Crippen LogP contribution is 2.38. The first-order valence-corrected chi connectivity index (χ1v) is 14.8. The highest BCUT2D eigenvalue weighted by atomic mass is 79.9. The fourth-order valence-electron chi connectivity index (χ4n) is 4.73. The molecular formula is C32H36BrClN2O2. The molecule has 0 N–H and O–H groups in total. The van der Waals surface area contributed by atoms with Gasteiger partial charge in [-0.05, 0) is 84.2 Å². The molecule has 2 heterocycles. The number of benzene rings is 2. The molecule has 0 aliphatic rings. The normalized spacial score (nSPS) is 11.4. The molecule has 0 bridgehead atoms. The van der Waals surface area contributed by atoms with Crippen molar-refractivity contribution in [2.24, 2.45) is 0 Å². The first-order valence-electron chi connectivity index (χ1n) is 13.6. The first-order chi connectivity index (χ1) is 18.5. The number of unbranched alkanes of at least 4 members (excludes halogenated alkanes) is 2. The van der Waals surface area contributed by atoms with Crippen LogP contribution in [0.5, 0.6) is 5.75 Å². The van der Waals surface area contributed by atoms with Crippen LogP contribution < -0.4 is 4.74 Å². The molecule has 0 aliphatic heterocycles. The second kappa shape index (κ2) is 14.0. The molecule has 4 rings (SSSR count). The Morgan fingerprint density at radius 3 is 2.29 bits per heavy atom. The second-order valence-electron chi connectivity index (χ2n) is 9.58. The average molecular weight is 596 g/mol. The van der Waals surface area contributed by atoms with Crippen molar-refractivity contribution in [3.05, 3.63) is 93.7 Å². The molecule has 0 spiro atoms. The molecule has 2 aromatic heterocycles. The lowest BCUT2D eigenvalue weighted by molar-refractivity contribution is 0.103. The zero-order valence-corrected chi connectivity index (χ0v) is 24.6. The molecule has 200 valence electrons. The van der Waals surface area contributed by atoms with Crippen LogP contribution in [0.1, 0.15) is 62.0 Å². The maximum absolute atomic E-state index is 13.9. The number of carbonyl (C=O) groups is 1. The van der Waals surface area contributed by atoms with E-state index in [1.165, 1.54) is 25.7 Å². The number of fused-ring (bicyclic) bond motifs is 1. The molecule has 4 aromatic rings. The van der Waals surface area contributed by atoms with E-state index in [9.17, 15) is 4.79 Å². The summed E-state index contributed by atoms with van der Waals surface area (Å²) < 4.78 is 8.86. The van der Waals surface area contributed by atoms with Crippen molar-refractivity contribution in [3.63, 3.8) is 0 Å². The van der Waals surface area contributed by atoms with Gasteiger partial charge in [-0.2, -0.15) is 0 Å². The third kappa shape index (κ3) is 6.69. The fraction of sp³-hybridized carbons (Fsp3) is 0.344. The number of halogens is 2. The van der Waals surface area contributed by atoms with Crippen molar-refractivity contribution < 1.29 is 9.53 Å². The van der Waals surface area contributed by atoms with Crippen LogP contribution in [0.2, 0.25) is 5.02 Å². The van der Waals surface area contributed by atoms with E-state index >= 15 is 0 Å². The zero-order chi connectivity index (χ0) is 26.9. The quantitative estimate of drug-likeness (QED) is 0.108. The maximum atomic E-state index is 13.9. The van der Waals surface area contributed by atoms with Gasteiger partial charge in [0.1, 0.15) is 11.4 Å². The van der Waals surface area contributed by atoms with Gasteiger partial charge in [-0.1, -0.05) is 74.7 Å². The second-order valence-corrected chi connectivity index (χ2v) is 10.8. The van der Waals surface area contributed by atoms with Crippen LogP contribution in [-0.2, 0) is 0 Å². The summed E-state index contributed by atoms with van der Waals surface area (Å²) in [6.07, 6.45) is 7.74. The number of hydrogen-bond donors (Lipinski definition) is 0. The van der Waals surface area contributed by atoms with Crippen LogP contribution in [0.4, 0.5) is 0 Å². The van der Waals surface area contributed by atoms with Gasteiger partial charge in [0.2, 0.25) is 5.78 Å². The minimum absolute atomic E-state index is 0.0910. The predicted octanol–water partition coefficient (Wildman–Crippen LogP) is 8.92. The van der Waals surface area contributed by atoms with Crippen LogP contribution in [0.3, 0.4) is 0 Å². The molecule has 38 heavy (non-hydrogen) atoms. The summed E-state index contributed by atoms with van der Waals surface area (Å²) in [5.74, 6) is 0.521. The lowest BCUT2D eigenvalue weighted by Crippen LogP contribution is -2.28. The largest absolute Gasteiger partial charge is 0.492 e. The molecule has 0 amide bonds. The Kier molecular flexibility index (Phi) is 10.4. The van der Waals surface area contributed by atoms with E-state index in [2.05, 4.69) is 34.7 Å². The molecule has 0 aliphatic carbocycles. The van der Waals surface area contributed by atoms with E-state index in [0.29, 0.717) is 28.6 Å². The Balaban J connectivity index is 1.50. The first kappa shape index (κ1) is 28.4. The van der Waals surface area contributed by atoms with Crippen LogP contribution in [-0.4, -0.2) is 41.3 Å². The van der Waals surface area contributed by atoms with Crippen LogP contribution in [0.25, 0.3) is 16.6 Å². The Morgan fingerprint density at radius 2 is 1.61 bits per heavy atom. The van der Waals surface area contributed by atoms with E-state index in [1.54, 1.807) is 6.07 Å². The number of nitrogens with zero attached hydrogens (tertiary/aromatic N) is 2. The van der Waals surface area contributed by atoms with Crippen LogP contribution in [0.15, 0.2) is 77.4 Å². The smallest absolute Gasteiger partial charge is 0.210 e. The molecule has 6 heteroatoms. The molecule has 0 unspecified atom stereocenters. The highest BCUT2D eigenvalue weighted by Gasteiger charge is 2.24. The number of aromatic nitrogens is 1. The van der Waals surface area contributed by atoms with Gasteiger partial charge in [0, 0.05) is 23.9 Å². The van der Waals surface area contributed by atoms with Crippen molar-refractivity contribution in [2.45, 2.75) is 46.0 Å². The molecule has 0 radical (unpaired) electrons. The van der Waals surface area contributed by atoms with Crippen molar-refractivity contribution in [3.8, 4) is 16.9 Å². The van der Waals surface area contributed by atoms with Crippen LogP contribution in [0, 0.1) is 0 Å². The van der Waals surface area contributed by atoms with Gasteiger partial charge >= 0.3 is 0 Å². The van der Waals surface area contributed by atoms with Gasteiger partial charge in [0.05, 0.1) is 21.6 Å². The van der Waals surface area contributed by atoms with Gasteiger partial charge in [-0.15, -0.1) is 0 Å². The Bertz CT molecular complexity index is 1340. The third-order valence-electron chi connectivity index (χ3n) is 6.79. The monoisotopic (exact) mass is 594 g/mol. The maximum Gasteiger partial charge on any atom is 0.210 e. The van der Waals surface area contributed by atoms with E-state index in [0.717, 1.165) is 47.2 Å². The minimum Gasteiger partial charge on any atom is -0.492 e. The standard InChI is InChI=1S/C32H36BrClN2O2/c1-3-5-18-35(19-6-4-2)20-12-22-38-28-17-16-25(23-26(28)34)32(37)31-29(24-13-8-7-9-14-24)30(33)27-15-10-11-21-36(27)31/h7-11,13-17,21,23H,3-6,12,18-20,22H2,1-2H3. The number of hydrogen-bond acceptors (Lipinski definition) is 3. The van der Waals surface area contributed by atoms with E-state index in [4.69, 9.17) is 16.3 Å². The number of ketones is 1. The zero-order valence-electron chi connectivity index (χ0n) is 22.3. The van der Waals surface area contributed by atoms with Gasteiger partial charge in [-0.3, -0.25) is 4.79 Å². The summed E-state index contributed by atoms with van der Waals surface area (Å²) in [6.45, 7) is 8.37. The molecule has 4 nitrogen and oxygen atoms in total. The third-order valence-corrected chi connectivity index (χ3v) is 7.88. The van der Waals surface area contributed by atoms with E-state index in [1.807, 2.05) is 71.3 Å². The van der Waals surface area contributed by atoms with E-state index in [-0.39, 0.29) is 5.78 Å². The Hall–Kier alpha value is -2.60. The molecule has 0 fully saturated rings. The van der Waals surface area contributed by atoms with Crippen molar-refractivity contribution in [1.82, 2.24) is 9.30 Å². The SMILES string of the molecule is CCCCN(CCCC)CCCOc1ccc(C(=O)c2c(-c3ccccc3)c(Br)c3ccccn23)cc1Cl. The summed E-state index contributed by atoms with van der Waals surface area (Å²) in [6, 6.07) is 21.2. The number of pyridine rings is 1. The Morgan fingerprint density at radius 1 is 0.921 bits per heavy atom. The van der Waals surface area contributed by atoms with Crippen LogP contribution >= 0.6 is 27.5 Å². The number of carbonyl (C=O) groups excluding carboxylic acids is 1.